The molecule has 98 valence electrons. The Morgan fingerprint density at radius 2 is 1.89 bits per heavy atom. The molecule has 0 spiro atoms. The summed E-state index contributed by atoms with van der Waals surface area (Å²) in [6, 6.07) is 6.09. The van der Waals surface area contributed by atoms with Crippen LogP contribution in [0.3, 0.4) is 0 Å². The lowest BCUT2D eigenvalue weighted by Gasteiger charge is -2.26. The number of anilines is 1. The number of nitrogens with zero attached hydrogens (tertiary/aromatic N) is 2. The SMILES string of the molecule is C=P(OCc1ccc(N)c(C)c1)(N1CC1)N1CC1. The third-order valence-electron chi connectivity index (χ3n) is 3.50. The highest BCUT2D eigenvalue weighted by molar-refractivity contribution is 7.65. The fourth-order valence-corrected chi connectivity index (χ4v) is 4.53. The Kier molecular flexibility index (Phi) is 2.99. The Morgan fingerprint density at radius 3 is 2.39 bits per heavy atom. The van der Waals surface area contributed by atoms with Gasteiger partial charge in [0, 0.05) is 31.9 Å². The number of hydrogen-bond acceptors (Lipinski definition) is 4. The van der Waals surface area contributed by atoms with Crippen molar-refractivity contribution in [2.24, 2.45) is 0 Å². The molecule has 3 rings (SSSR count). The van der Waals surface area contributed by atoms with Crippen LogP contribution >= 0.6 is 7.41 Å². The molecule has 0 aromatic heterocycles. The molecule has 18 heavy (non-hydrogen) atoms. The molecule has 2 N–H and O–H groups in total. The molecule has 5 heteroatoms. The summed E-state index contributed by atoms with van der Waals surface area (Å²) in [6.07, 6.45) is 4.36. The van der Waals surface area contributed by atoms with E-state index in [1.54, 1.807) is 0 Å². The van der Waals surface area contributed by atoms with Gasteiger partial charge in [0.25, 0.3) is 0 Å². The maximum atomic E-state index is 6.17. The molecule has 0 unspecified atom stereocenters. The van der Waals surface area contributed by atoms with Crippen molar-refractivity contribution >= 4 is 19.4 Å². The second-order valence-corrected chi connectivity index (χ2v) is 7.76. The summed E-state index contributed by atoms with van der Waals surface area (Å²) in [5.74, 6) is 0. The van der Waals surface area contributed by atoms with Crippen LogP contribution in [0.15, 0.2) is 18.2 Å². The average molecular weight is 265 g/mol. The molecule has 0 amide bonds. The van der Waals surface area contributed by atoms with Gasteiger partial charge in [0.2, 0.25) is 0 Å². The van der Waals surface area contributed by atoms with Crippen molar-refractivity contribution in [2.75, 3.05) is 31.9 Å². The number of aryl methyl sites for hydroxylation is 1. The maximum Gasteiger partial charge on any atom is 0.131 e. The number of nitrogens with two attached hydrogens (primary N) is 1. The van der Waals surface area contributed by atoms with E-state index in [2.05, 4.69) is 21.7 Å². The lowest BCUT2D eigenvalue weighted by atomic mass is 10.1. The Labute approximate surface area is 108 Å². The van der Waals surface area contributed by atoms with Gasteiger partial charge in [-0.1, -0.05) is 12.1 Å². The van der Waals surface area contributed by atoms with Gasteiger partial charge in [0.1, 0.15) is 7.41 Å². The minimum absolute atomic E-state index is 0.630. The maximum absolute atomic E-state index is 6.17. The highest BCUT2D eigenvalue weighted by Gasteiger charge is 2.42. The Morgan fingerprint density at radius 1 is 1.28 bits per heavy atom. The smallest absolute Gasteiger partial charge is 0.131 e. The lowest BCUT2D eigenvalue weighted by molar-refractivity contribution is 0.307. The van der Waals surface area contributed by atoms with Crippen LogP contribution < -0.4 is 5.73 Å². The van der Waals surface area contributed by atoms with Gasteiger partial charge >= 0.3 is 0 Å². The zero-order chi connectivity index (χ0) is 12.8. The molecule has 4 nitrogen and oxygen atoms in total. The fraction of sp³-hybridized carbons (Fsp3) is 0.462. The van der Waals surface area contributed by atoms with E-state index < -0.39 is 7.41 Å². The molecule has 0 atom stereocenters. The molecule has 0 bridgehead atoms. The minimum Gasteiger partial charge on any atom is -0.399 e. The van der Waals surface area contributed by atoms with Crippen molar-refractivity contribution < 1.29 is 4.52 Å². The summed E-state index contributed by atoms with van der Waals surface area (Å²) in [7, 11) is -1.70. The van der Waals surface area contributed by atoms with Crippen LogP contribution in [-0.2, 0) is 11.1 Å². The normalized spacial score (nSPS) is 20.1. The summed E-state index contributed by atoms with van der Waals surface area (Å²) in [6.45, 7) is 7.19. The molecule has 2 saturated heterocycles. The van der Waals surface area contributed by atoms with Crippen LogP contribution in [-0.4, -0.2) is 41.8 Å². The van der Waals surface area contributed by atoms with E-state index >= 15 is 0 Å². The molecule has 2 aliphatic heterocycles. The molecule has 2 fully saturated rings. The van der Waals surface area contributed by atoms with Gasteiger partial charge in [0.15, 0.2) is 0 Å². The van der Waals surface area contributed by atoms with E-state index in [4.69, 9.17) is 10.3 Å². The van der Waals surface area contributed by atoms with Crippen LogP contribution in [0.2, 0.25) is 0 Å². The van der Waals surface area contributed by atoms with E-state index in [0.717, 1.165) is 37.4 Å². The molecule has 2 heterocycles. The summed E-state index contributed by atoms with van der Waals surface area (Å²) in [5.41, 5.74) is 8.96. The van der Waals surface area contributed by atoms with E-state index in [1.165, 1.54) is 5.56 Å². The van der Waals surface area contributed by atoms with E-state index in [1.807, 2.05) is 19.1 Å². The number of nitrogen functional groups attached to an aromatic ring is 1. The van der Waals surface area contributed by atoms with Crippen LogP contribution in [0.25, 0.3) is 0 Å². The first-order valence-corrected chi connectivity index (χ1v) is 8.13. The van der Waals surface area contributed by atoms with Gasteiger partial charge in [-0.3, -0.25) is 0 Å². The molecule has 0 aliphatic carbocycles. The minimum atomic E-state index is -1.70. The molecule has 0 radical (unpaired) electrons. The standard InChI is InChI=1S/C13H20N3OP/c1-11-9-12(3-4-13(11)14)10-17-18(2,15-5-6-15)16-7-8-16/h3-4,9H,2,5-8,10,14H2,1H3. The highest BCUT2D eigenvalue weighted by Crippen LogP contribution is 2.60. The van der Waals surface area contributed by atoms with Crippen LogP contribution in [0.1, 0.15) is 11.1 Å². The van der Waals surface area contributed by atoms with Crippen molar-refractivity contribution in [3.63, 3.8) is 0 Å². The highest BCUT2D eigenvalue weighted by atomic mass is 31.2. The molecule has 2 aliphatic rings. The van der Waals surface area contributed by atoms with Crippen molar-refractivity contribution in [1.29, 1.82) is 0 Å². The number of benzene rings is 1. The Bertz CT molecular complexity index is 493. The van der Waals surface area contributed by atoms with Crippen LogP contribution in [0.4, 0.5) is 5.69 Å². The molecule has 0 saturated carbocycles. The average Bonchev–Trinajstić information content (AvgIpc) is 3.18. The second-order valence-electron chi connectivity index (χ2n) is 5.04. The fourth-order valence-electron chi connectivity index (χ4n) is 2.06. The third-order valence-corrected chi connectivity index (χ3v) is 6.61. The summed E-state index contributed by atoms with van der Waals surface area (Å²) < 4.78 is 10.9. The topological polar surface area (TPSA) is 41.3 Å². The zero-order valence-corrected chi connectivity index (χ0v) is 11.7. The molecular formula is C13H20N3OP. The van der Waals surface area contributed by atoms with Crippen molar-refractivity contribution in [3.05, 3.63) is 29.3 Å². The zero-order valence-electron chi connectivity index (χ0n) is 10.8. The van der Waals surface area contributed by atoms with E-state index in [9.17, 15) is 0 Å². The van der Waals surface area contributed by atoms with Crippen LogP contribution in [0.5, 0.6) is 0 Å². The largest absolute Gasteiger partial charge is 0.399 e. The first-order valence-electron chi connectivity index (χ1n) is 6.33. The second kappa shape index (κ2) is 4.39. The first kappa shape index (κ1) is 12.2. The third kappa shape index (κ3) is 2.34. The Balaban J connectivity index is 1.69. The lowest BCUT2D eigenvalue weighted by Crippen LogP contribution is -2.08. The monoisotopic (exact) mass is 265 g/mol. The first-order chi connectivity index (χ1) is 8.59. The van der Waals surface area contributed by atoms with Gasteiger partial charge < -0.3 is 10.3 Å². The van der Waals surface area contributed by atoms with Gasteiger partial charge in [0.05, 0.1) is 6.61 Å². The summed E-state index contributed by atoms with van der Waals surface area (Å²) in [5, 5.41) is 0. The molecular weight excluding hydrogens is 245 g/mol. The van der Waals surface area contributed by atoms with Gasteiger partial charge in [-0.25, -0.2) is 9.34 Å². The molecule has 1 aromatic carbocycles. The number of rotatable bonds is 5. The van der Waals surface area contributed by atoms with Gasteiger partial charge in [-0.05, 0) is 30.4 Å². The number of hydrogen-bond donors (Lipinski definition) is 1. The van der Waals surface area contributed by atoms with E-state index in [-0.39, 0.29) is 0 Å². The van der Waals surface area contributed by atoms with Gasteiger partial charge in [-0.2, -0.15) is 0 Å². The van der Waals surface area contributed by atoms with Gasteiger partial charge in [-0.15, -0.1) is 0 Å². The van der Waals surface area contributed by atoms with E-state index in [0.29, 0.717) is 6.61 Å². The Hall–Kier alpha value is -0.800. The summed E-state index contributed by atoms with van der Waals surface area (Å²) >= 11 is 0. The quantitative estimate of drug-likeness (QED) is 0.502. The molecule has 1 aromatic rings. The van der Waals surface area contributed by atoms with Crippen molar-refractivity contribution in [2.45, 2.75) is 13.5 Å². The predicted molar refractivity (Wildman–Crippen MR) is 77.6 cm³/mol. The van der Waals surface area contributed by atoms with Crippen LogP contribution in [0, 0.1) is 6.92 Å². The van der Waals surface area contributed by atoms with Crippen molar-refractivity contribution in [3.8, 4) is 0 Å². The summed E-state index contributed by atoms with van der Waals surface area (Å²) in [4.78, 5) is 0. The van der Waals surface area contributed by atoms with Crippen molar-refractivity contribution in [1.82, 2.24) is 9.34 Å². The predicted octanol–water partition coefficient (Wildman–Crippen LogP) is 1.92.